The first-order chi connectivity index (χ1) is 15.0. The third-order valence-electron chi connectivity index (χ3n) is 5.30. The molecule has 1 aliphatic heterocycles. The molecule has 5 heterocycles. The van der Waals surface area contributed by atoms with Crippen LogP contribution in [0.1, 0.15) is 17.1 Å². The summed E-state index contributed by atoms with van der Waals surface area (Å²) in [4.78, 5) is 32.7. The van der Waals surface area contributed by atoms with Crippen molar-refractivity contribution in [3.05, 3.63) is 59.8 Å². The topological polar surface area (TPSA) is 107 Å². The van der Waals surface area contributed by atoms with Gasteiger partial charge in [0.05, 0.1) is 42.1 Å². The zero-order valence-electron chi connectivity index (χ0n) is 17.5. The lowest BCUT2D eigenvalue weighted by molar-refractivity contribution is 0.170. The summed E-state index contributed by atoms with van der Waals surface area (Å²) < 4.78 is 0. The Morgan fingerprint density at radius 2 is 2.00 bits per heavy atom. The monoisotopic (exact) mass is 414 g/mol. The van der Waals surface area contributed by atoms with E-state index in [1.807, 2.05) is 37.3 Å². The highest BCUT2D eigenvalue weighted by Gasteiger charge is 2.28. The number of hydrogen-bond donors (Lipinski definition) is 2. The summed E-state index contributed by atoms with van der Waals surface area (Å²) in [6.45, 7) is 2.98. The predicted octanol–water partition coefficient (Wildman–Crippen LogP) is 3.23. The minimum atomic E-state index is -0.0229. The molecule has 0 unspecified atom stereocenters. The zero-order chi connectivity index (χ0) is 21.5. The normalized spacial score (nSPS) is 12.8. The lowest BCUT2D eigenvalue weighted by Crippen LogP contribution is -2.35. The van der Waals surface area contributed by atoms with E-state index in [4.69, 9.17) is 4.98 Å². The van der Waals surface area contributed by atoms with Crippen molar-refractivity contribution in [3.63, 3.8) is 0 Å². The molecule has 4 aromatic rings. The fraction of sp³-hybridized carbons (Fsp3) is 0.227. The van der Waals surface area contributed by atoms with Gasteiger partial charge in [-0.25, -0.2) is 9.78 Å². The number of carbonyl (C=O) groups is 1. The van der Waals surface area contributed by atoms with Gasteiger partial charge in [-0.1, -0.05) is 6.07 Å². The van der Waals surface area contributed by atoms with E-state index in [-0.39, 0.29) is 6.03 Å². The summed E-state index contributed by atoms with van der Waals surface area (Å²) in [7, 11) is 3.50. The average Bonchev–Trinajstić information content (AvgIpc) is 3.48. The van der Waals surface area contributed by atoms with E-state index < -0.39 is 0 Å². The molecule has 0 bridgehead atoms. The number of aromatic amines is 2. The molecule has 0 saturated carbocycles. The van der Waals surface area contributed by atoms with Crippen molar-refractivity contribution in [2.75, 3.05) is 14.1 Å². The van der Waals surface area contributed by atoms with Gasteiger partial charge in [-0.2, -0.15) is 5.10 Å². The van der Waals surface area contributed by atoms with E-state index >= 15 is 0 Å². The van der Waals surface area contributed by atoms with Crippen molar-refractivity contribution in [1.29, 1.82) is 0 Å². The fourth-order valence-corrected chi connectivity index (χ4v) is 3.78. The minimum absolute atomic E-state index is 0.0229. The number of carbonyl (C=O) groups excluding carboxylic acids is 1. The van der Waals surface area contributed by atoms with Gasteiger partial charge in [-0.3, -0.25) is 15.1 Å². The first-order valence-electron chi connectivity index (χ1n) is 9.98. The predicted molar refractivity (Wildman–Crippen MR) is 116 cm³/mol. The van der Waals surface area contributed by atoms with E-state index in [2.05, 4.69) is 25.1 Å². The van der Waals surface area contributed by atoms with Crippen LogP contribution in [-0.2, 0) is 13.1 Å². The Morgan fingerprint density at radius 3 is 2.77 bits per heavy atom. The second-order valence-electron chi connectivity index (χ2n) is 7.80. The fourth-order valence-electron chi connectivity index (χ4n) is 3.78. The van der Waals surface area contributed by atoms with Crippen LogP contribution in [0, 0.1) is 6.92 Å². The molecular formula is C22H22N8O. The van der Waals surface area contributed by atoms with Crippen molar-refractivity contribution in [1.82, 2.24) is 39.9 Å². The molecule has 0 atom stereocenters. The van der Waals surface area contributed by atoms with Crippen LogP contribution in [0.4, 0.5) is 4.79 Å². The van der Waals surface area contributed by atoms with Gasteiger partial charge < -0.3 is 14.8 Å². The zero-order valence-corrected chi connectivity index (χ0v) is 17.5. The second kappa shape index (κ2) is 7.35. The van der Waals surface area contributed by atoms with Gasteiger partial charge in [-0.15, -0.1) is 0 Å². The molecule has 0 spiro atoms. The summed E-state index contributed by atoms with van der Waals surface area (Å²) in [6.07, 6.45) is 3.56. The molecule has 9 heteroatoms. The van der Waals surface area contributed by atoms with Gasteiger partial charge >= 0.3 is 6.03 Å². The molecule has 2 N–H and O–H groups in total. The smallest absolute Gasteiger partial charge is 0.320 e. The van der Waals surface area contributed by atoms with Crippen LogP contribution < -0.4 is 0 Å². The van der Waals surface area contributed by atoms with Crippen molar-refractivity contribution in [3.8, 4) is 34.0 Å². The van der Waals surface area contributed by atoms with E-state index in [0.717, 1.165) is 45.3 Å². The van der Waals surface area contributed by atoms with Gasteiger partial charge in [0, 0.05) is 31.5 Å². The van der Waals surface area contributed by atoms with E-state index in [9.17, 15) is 4.79 Å². The van der Waals surface area contributed by atoms with E-state index in [1.165, 1.54) is 0 Å². The maximum Gasteiger partial charge on any atom is 0.320 e. The van der Waals surface area contributed by atoms with E-state index in [0.29, 0.717) is 18.9 Å². The molecule has 0 aromatic carbocycles. The van der Waals surface area contributed by atoms with Crippen LogP contribution in [0.25, 0.3) is 34.0 Å². The standard InChI is InChI=1S/C22H22N8O/c1-13-5-4-6-16(25-13)20-15(10-24-28-20)14-7-8-23-17(9-14)21-26-18-11-30(12-19(18)27-21)22(31)29(2)3/h4-10H,11-12H2,1-3H3,(H,24,28)(H,26,27). The number of rotatable bonds is 3. The Morgan fingerprint density at radius 1 is 1.13 bits per heavy atom. The van der Waals surface area contributed by atoms with Crippen molar-refractivity contribution < 1.29 is 4.79 Å². The van der Waals surface area contributed by atoms with Gasteiger partial charge in [-0.05, 0) is 36.8 Å². The number of aryl methyl sites for hydroxylation is 1. The maximum atomic E-state index is 12.2. The van der Waals surface area contributed by atoms with Crippen molar-refractivity contribution in [2.45, 2.75) is 20.0 Å². The molecular weight excluding hydrogens is 392 g/mol. The largest absolute Gasteiger partial charge is 0.339 e. The Kier molecular flexibility index (Phi) is 4.50. The van der Waals surface area contributed by atoms with Gasteiger partial charge in [0.25, 0.3) is 0 Å². The Balaban J connectivity index is 1.45. The summed E-state index contributed by atoms with van der Waals surface area (Å²) in [5.41, 5.74) is 7.13. The third kappa shape index (κ3) is 3.43. The summed E-state index contributed by atoms with van der Waals surface area (Å²) in [5, 5.41) is 7.30. The highest BCUT2D eigenvalue weighted by molar-refractivity contribution is 5.80. The minimum Gasteiger partial charge on any atom is -0.339 e. The Hall–Kier alpha value is -4.01. The van der Waals surface area contributed by atoms with Gasteiger partial charge in [0.15, 0.2) is 5.82 Å². The number of nitrogens with one attached hydrogen (secondary N) is 2. The third-order valence-corrected chi connectivity index (χ3v) is 5.30. The molecule has 0 radical (unpaired) electrons. The first-order valence-corrected chi connectivity index (χ1v) is 9.98. The van der Waals surface area contributed by atoms with Crippen LogP contribution in [-0.4, -0.2) is 60.1 Å². The summed E-state index contributed by atoms with van der Waals surface area (Å²) in [6, 6.07) is 9.82. The molecule has 0 fully saturated rings. The second-order valence-corrected chi connectivity index (χ2v) is 7.80. The van der Waals surface area contributed by atoms with Crippen molar-refractivity contribution in [2.24, 2.45) is 0 Å². The number of urea groups is 1. The molecule has 156 valence electrons. The highest BCUT2D eigenvalue weighted by Crippen LogP contribution is 2.31. The summed E-state index contributed by atoms with van der Waals surface area (Å²) >= 11 is 0. The van der Waals surface area contributed by atoms with Gasteiger partial charge in [0.1, 0.15) is 5.69 Å². The van der Waals surface area contributed by atoms with Crippen LogP contribution in [0.15, 0.2) is 42.7 Å². The first kappa shape index (κ1) is 19.0. The lowest BCUT2D eigenvalue weighted by atomic mass is 10.0. The number of nitrogens with zero attached hydrogens (tertiary/aromatic N) is 6. The van der Waals surface area contributed by atoms with Crippen LogP contribution in [0.5, 0.6) is 0 Å². The number of amides is 2. The summed E-state index contributed by atoms with van der Waals surface area (Å²) in [5.74, 6) is 0.697. The maximum absolute atomic E-state index is 12.2. The quantitative estimate of drug-likeness (QED) is 0.535. The molecule has 0 aliphatic carbocycles. The number of aromatic nitrogens is 6. The lowest BCUT2D eigenvalue weighted by Gasteiger charge is -2.20. The molecule has 4 aromatic heterocycles. The van der Waals surface area contributed by atoms with Crippen LogP contribution in [0.2, 0.25) is 0 Å². The number of hydrogen-bond acceptors (Lipinski definition) is 5. The molecule has 2 amide bonds. The Bertz CT molecular complexity index is 1250. The molecule has 31 heavy (non-hydrogen) atoms. The van der Waals surface area contributed by atoms with Gasteiger partial charge in [0.2, 0.25) is 0 Å². The number of fused-ring (bicyclic) bond motifs is 1. The van der Waals surface area contributed by atoms with Crippen molar-refractivity contribution >= 4 is 6.03 Å². The molecule has 9 nitrogen and oxygen atoms in total. The number of H-pyrrole nitrogens is 2. The average molecular weight is 414 g/mol. The molecule has 1 aliphatic rings. The molecule has 5 rings (SSSR count). The van der Waals surface area contributed by atoms with Crippen LogP contribution in [0.3, 0.4) is 0 Å². The number of pyridine rings is 2. The number of imidazole rings is 1. The Labute approximate surface area is 179 Å². The SMILES string of the molecule is Cc1cccc(-c2[nH]ncc2-c2ccnc(-c3nc4c([nH]3)CN(C(=O)N(C)C)C4)c2)n1. The highest BCUT2D eigenvalue weighted by atomic mass is 16.2. The molecule has 0 saturated heterocycles. The van der Waals surface area contributed by atoms with Crippen LogP contribution >= 0.6 is 0 Å². The van der Waals surface area contributed by atoms with E-state index in [1.54, 1.807) is 36.3 Å².